The van der Waals surface area contributed by atoms with Gasteiger partial charge in [-0.1, -0.05) is 11.2 Å². The highest BCUT2D eigenvalue weighted by Crippen LogP contribution is 2.17. The van der Waals surface area contributed by atoms with Gasteiger partial charge in [-0.05, 0) is 23.8 Å². The predicted octanol–water partition coefficient (Wildman–Crippen LogP) is 0.633. The van der Waals surface area contributed by atoms with Crippen LogP contribution in [0.3, 0.4) is 0 Å². The molecule has 2 rings (SSSR count). The zero-order valence-electron chi connectivity index (χ0n) is 7.55. The number of aromatic nitrogens is 3. The van der Waals surface area contributed by atoms with Gasteiger partial charge in [0.25, 0.3) is 0 Å². The van der Waals surface area contributed by atoms with Crippen molar-refractivity contribution in [3.63, 3.8) is 0 Å². The largest absolute Gasteiger partial charge is 0.330 e. The third kappa shape index (κ3) is 1.62. The molecule has 0 bridgehead atoms. The van der Waals surface area contributed by atoms with Crippen molar-refractivity contribution in [2.24, 2.45) is 5.73 Å². The SMILES string of the molecule is NCCc1nonc1-c1ccccn1. The highest BCUT2D eigenvalue weighted by molar-refractivity contribution is 5.55. The maximum absolute atomic E-state index is 5.44. The van der Waals surface area contributed by atoms with Crippen LogP contribution in [0, 0.1) is 0 Å². The predicted molar refractivity (Wildman–Crippen MR) is 50.3 cm³/mol. The first-order chi connectivity index (χ1) is 6.92. The van der Waals surface area contributed by atoms with Gasteiger partial charge in [0.15, 0.2) is 5.69 Å². The van der Waals surface area contributed by atoms with E-state index in [-0.39, 0.29) is 0 Å². The number of hydrogen-bond acceptors (Lipinski definition) is 5. The second kappa shape index (κ2) is 3.97. The minimum absolute atomic E-state index is 0.522. The fourth-order valence-corrected chi connectivity index (χ4v) is 1.20. The third-order valence-electron chi connectivity index (χ3n) is 1.85. The van der Waals surface area contributed by atoms with Gasteiger partial charge in [0.1, 0.15) is 5.69 Å². The molecule has 0 aliphatic rings. The van der Waals surface area contributed by atoms with Gasteiger partial charge in [-0.2, -0.15) is 0 Å². The molecule has 0 saturated carbocycles. The van der Waals surface area contributed by atoms with Crippen molar-refractivity contribution in [3.05, 3.63) is 30.1 Å². The average molecular weight is 190 g/mol. The Bertz CT molecular complexity index is 398. The fourth-order valence-electron chi connectivity index (χ4n) is 1.20. The van der Waals surface area contributed by atoms with Crippen LogP contribution < -0.4 is 5.73 Å². The number of nitrogens with two attached hydrogens (primary N) is 1. The van der Waals surface area contributed by atoms with Gasteiger partial charge in [0.2, 0.25) is 0 Å². The minimum Gasteiger partial charge on any atom is -0.330 e. The van der Waals surface area contributed by atoms with E-state index in [4.69, 9.17) is 5.73 Å². The molecule has 0 aromatic carbocycles. The van der Waals surface area contributed by atoms with E-state index in [1.54, 1.807) is 6.20 Å². The van der Waals surface area contributed by atoms with Gasteiger partial charge in [-0.25, -0.2) is 4.63 Å². The van der Waals surface area contributed by atoms with E-state index in [0.717, 1.165) is 11.4 Å². The lowest BCUT2D eigenvalue weighted by atomic mass is 10.2. The van der Waals surface area contributed by atoms with Crippen LogP contribution in [0.1, 0.15) is 5.69 Å². The van der Waals surface area contributed by atoms with E-state index in [0.29, 0.717) is 18.7 Å². The third-order valence-corrected chi connectivity index (χ3v) is 1.85. The summed E-state index contributed by atoms with van der Waals surface area (Å²) in [6.45, 7) is 0.522. The summed E-state index contributed by atoms with van der Waals surface area (Å²) in [6.07, 6.45) is 2.35. The van der Waals surface area contributed by atoms with E-state index < -0.39 is 0 Å². The molecule has 0 radical (unpaired) electrons. The summed E-state index contributed by atoms with van der Waals surface area (Å²) in [4.78, 5) is 4.16. The molecule has 0 amide bonds. The molecule has 14 heavy (non-hydrogen) atoms. The average Bonchev–Trinajstić information content (AvgIpc) is 2.68. The molecule has 2 heterocycles. The van der Waals surface area contributed by atoms with Crippen LogP contribution in [-0.4, -0.2) is 21.8 Å². The van der Waals surface area contributed by atoms with Crippen molar-refractivity contribution in [2.45, 2.75) is 6.42 Å². The zero-order chi connectivity index (χ0) is 9.80. The second-order valence-corrected chi connectivity index (χ2v) is 2.81. The molecule has 2 aromatic heterocycles. The number of pyridine rings is 1. The monoisotopic (exact) mass is 190 g/mol. The van der Waals surface area contributed by atoms with Gasteiger partial charge >= 0.3 is 0 Å². The molecule has 0 unspecified atom stereocenters. The first-order valence-electron chi connectivity index (χ1n) is 4.34. The van der Waals surface area contributed by atoms with Gasteiger partial charge in [0, 0.05) is 12.6 Å². The molecule has 0 aliphatic carbocycles. The summed E-state index contributed by atoms with van der Waals surface area (Å²) in [5.41, 5.74) is 7.63. The van der Waals surface area contributed by atoms with E-state index in [1.807, 2.05) is 18.2 Å². The van der Waals surface area contributed by atoms with Crippen LogP contribution in [-0.2, 0) is 6.42 Å². The smallest absolute Gasteiger partial charge is 0.156 e. The molecule has 0 saturated heterocycles. The van der Waals surface area contributed by atoms with Gasteiger partial charge in [0.05, 0.1) is 5.69 Å². The molecule has 72 valence electrons. The van der Waals surface area contributed by atoms with Crippen molar-refractivity contribution in [1.82, 2.24) is 15.3 Å². The molecule has 5 nitrogen and oxygen atoms in total. The Hall–Kier alpha value is -1.75. The molecule has 0 spiro atoms. The van der Waals surface area contributed by atoms with Crippen LogP contribution in [0.2, 0.25) is 0 Å². The highest BCUT2D eigenvalue weighted by atomic mass is 16.6. The van der Waals surface area contributed by atoms with Crippen molar-refractivity contribution in [1.29, 1.82) is 0 Å². The summed E-state index contributed by atoms with van der Waals surface area (Å²) in [6, 6.07) is 5.60. The van der Waals surface area contributed by atoms with E-state index in [1.165, 1.54) is 0 Å². The van der Waals surface area contributed by atoms with Crippen molar-refractivity contribution < 1.29 is 4.63 Å². The Kier molecular flexibility index (Phi) is 2.51. The first-order valence-corrected chi connectivity index (χ1v) is 4.34. The first kappa shape index (κ1) is 8.83. The Labute approximate surface area is 80.9 Å². The fraction of sp³-hybridized carbons (Fsp3) is 0.222. The lowest BCUT2D eigenvalue weighted by Gasteiger charge is -1.95. The van der Waals surface area contributed by atoms with Crippen LogP contribution in [0.4, 0.5) is 0 Å². The summed E-state index contributed by atoms with van der Waals surface area (Å²) >= 11 is 0. The molecule has 0 aliphatic heterocycles. The topological polar surface area (TPSA) is 77.8 Å². The quantitative estimate of drug-likeness (QED) is 0.768. The molecule has 2 N–H and O–H groups in total. The van der Waals surface area contributed by atoms with Crippen molar-refractivity contribution in [2.75, 3.05) is 6.54 Å². The molecule has 0 fully saturated rings. The maximum Gasteiger partial charge on any atom is 0.156 e. The summed E-state index contributed by atoms with van der Waals surface area (Å²) < 4.78 is 4.66. The number of hydrogen-bond donors (Lipinski definition) is 1. The Balaban J connectivity index is 2.37. The molecule has 5 heteroatoms. The normalized spacial score (nSPS) is 10.4. The summed E-state index contributed by atoms with van der Waals surface area (Å²) in [7, 11) is 0. The maximum atomic E-state index is 5.44. The summed E-state index contributed by atoms with van der Waals surface area (Å²) in [5.74, 6) is 0. The van der Waals surface area contributed by atoms with Crippen LogP contribution >= 0.6 is 0 Å². The Morgan fingerprint density at radius 3 is 2.93 bits per heavy atom. The van der Waals surface area contributed by atoms with Gasteiger partial charge in [-0.3, -0.25) is 4.98 Å². The molecular formula is C9H10N4O. The standard InChI is InChI=1S/C9H10N4O/c10-5-4-8-9(13-14-12-8)7-3-1-2-6-11-7/h1-3,6H,4-5,10H2. The number of nitrogens with zero attached hydrogens (tertiary/aromatic N) is 3. The van der Waals surface area contributed by atoms with E-state index in [2.05, 4.69) is 19.9 Å². The van der Waals surface area contributed by atoms with Crippen LogP contribution in [0.25, 0.3) is 11.4 Å². The molecule has 0 atom stereocenters. The molecular weight excluding hydrogens is 180 g/mol. The second-order valence-electron chi connectivity index (χ2n) is 2.81. The van der Waals surface area contributed by atoms with Gasteiger partial charge < -0.3 is 5.73 Å². The van der Waals surface area contributed by atoms with Crippen LogP contribution in [0.5, 0.6) is 0 Å². The number of rotatable bonds is 3. The molecule has 2 aromatic rings. The lowest BCUT2D eigenvalue weighted by Crippen LogP contribution is -2.04. The zero-order valence-corrected chi connectivity index (χ0v) is 7.55. The van der Waals surface area contributed by atoms with E-state index >= 15 is 0 Å². The van der Waals surface area contributed by atoms with E-state index in [9.17, 15) is 0 Å². The van der Waals surface area contributed by atoms with Crippen molar-refractivity contribution in [3.8, 4) is 11.4 Å². The van der Waals surface area contributed by atoms with Gasteiger partial charge in [-0.15, -0.1) is 0 Å². The Morgan fingerprint density at radius 2 is 2.21 bits per heavy atom. The van der Waals surface area contributed by atoms with Crippen molar-refractivity contribution >= 4 is 0 Å². The van der Waals surface area contributed by atoms with Crippen LogP contribution in [0.15, 0.2) is 29.0 Å². The summed E-state index contributed by atoms with van der Waals surface area (Å²) in [5, 5.41) is 7.58. The highest BCUT2D eigenvalue weighted by Gasteiger charge is 2.11. The Morgan fingerprint density at radius 1 is 1.29 bits per heavy atom. The minimum atomic E-state index is 0.522. The lowest BCUT2D eigenvalue weighted by molar-refractivity contribution is 0.304.